The molecule has 92 valence electrons. The van der Waals surface area contributed by atoms with Crippen LogP contribution in [-0.4, -0.2) is 16.1 Å². The van der Waals surface area contributed by atoms with Crippen LogP contribution in [0.2, 0.25) is 0 Å². The molecule has 3 nitrogen and oxygen atoms in total. The number of ether oxygens (including phenoxy) is 1. The van der Waals surface area contributed by atoms with Crippen molar-refractivity contribution in [3.05, 3.63) is 22.9 Å². The lowest BCUT2D eigenvalue weighted by atomic mass is 10.1. The van der Waals surface area contributed by atoms with E-state index >= 15 is 0 Å². The highest BCUT2D eigenvalue weighted by Gasteiger charge is 2.20. The molecule has 17 heavy (non-hydrogen) atoms. The van der Waals surface area contributed by atoms with Gasteiger partial charge in [-0.15, -0.1) is 0 Å². The average Bonchev–Trinajstić information content (AvgIpc) is 2.68. The second-order valence-corrected chi connectivity index (χ2v) is 5.09. The molecule has 1 aromatic heterocycles. The van der Waals surface area contributed by atoms with Gasteiger partial charge in [0, 0.05) is 5.69 Å². The maximum atomic E-state index is 5.95. The molecule has 1 aliphatic rings. The van der Waals surface area contributed by atoms with E-state index < -0.39 is 0 Å². The van der Waals surface area contributed by atoms with Gasteiger partial charge in [-0.2, -0.15) is 0 Å². The van der Waals surface area contributed by atoms with E-state index in [1.165, 1.54) is 12.8 Å². The van der Waals surface area contributed by atoms with E-state index in [0.29, 0.717) is 10.9 Å². The quantitative estimate of drug-likeness (QED) is 0.838. The van der Waals surface area contributed by atoms with Gasteiger partial charge in [-0.1, -0.05) is 12.2 Å². The van der Waals surface area contributed by atoms with E-state index in [9.17, 15) is 0 Å². The van der Waals surface area contributed by atoms with Crippen molar-refractivity contribution >= 4 is 17.2 Å². The number of nitrogens with zero attached hydrogens (tertiary/aromatic N) is 1. The Balaban J connectivity index is 2.32. The molecule has 1 saturated carbocycles. The summed E-state index contributed by atoms with van der Waals surface area (Å²) in [6, 6.07) is 1.98. The second kappa shape index (κ2) is 5.00. The fourth-order valence-electron chi connectivity index (χ4n) is 2.35. The van der Waals surface area contributed by atoms with Crippen LogP contribution in [0.3, 0.4) is 0 Å². The summed E-state index contributed by atoms with van der Waals surface area (Å²) >= 11 is 5.08. The third-order valence-corrected chi connectivity index (χ3v) is 3.34. The number of nitrogens with two attached hydrogens (primary N) is 1. The first-order valence-corrected chi connectivity index (χ1v) is 6.43. The van der Waals surface area contributed by atoms with Gasteiger partial charge in [0.1, 0.15) is 11.1 Å². The summed E-state index contributed by atoms with van der Waals surface area (Å²) in [5, 5.41) is 0. The van der Waals surface area contributed by atoms with Crippen LogP contribution in [0.5, 0.6) is 5.88 Å². The summed E-state index contributed by atoms with van der Waals surface area (Å²) in [7, 11) is 0. The summed E-state index contributed by atoms with van der Waals surface area (Å²) in [5.74, 6) is 0.613. The lowest BCUT2D eigenvalue weighted by molar-refractivity contribution is 0.200. The minimum atomic E-state index is 0.275. The van der Waals surface area contributed by atoms with Gasteiger partial charge in [0.2, 0.25) is 5.88 Å². The standard InChI is InChI=1S/C13H18N2OS/c1-8-7-9(2)15-13(11(8)12(14)17)16-10-5-3-4-6-10/h7,10H,3-6H2,1-2H3,(H2,14,17). The third kappa shape index (κ3) is 2.75. The molecule has 0 atom stereocenters. The fourth-order valence-corrected chi connectivity index (χ4v) is 2.60. The van der Waals surface area contributed by atoms with Crippen LogP contribution in [-0.2, 0) is 0 Å². The van der Waals surface area contributed by atoms with Crippen LogP contribution in [0.1, 0.15) is 42.5 Å². The predicted octanol–water partition coefficient (Wildman–Crippen LogP) is 2.65. The van der Waals surface area contributed by atoms with Crippen LogP contribution in [0.4, 0.5) is 0 Å². The molecular formula is C13H18N2OS. The Bertz CT molecular complexity index is 439. The molecule has 1 fully saturated rings. The maximum absolute atomic E-state index is 5.95. The molecular weight excluding hydrogens is 232 g/mol. The van der Waals surface area contributed by atoms with Crippen molar-refractivity contribution in [3.8, 4) is 5.88 Å². The van der Waals surface area contributed by atoms with Gasteiger partial charge < -0.3 is 10.5 Å². The molecule has 0 aliphatic heterocycles. The van der Waals surface area contributed by atoms with Gasteiger partial charge in [-0.3, -0.25) is 0 Å². The van der Waals surface area contributed by atoms with Gasteiger partial charge in [0.25, 0.3) is 0 Å². The number of aryl methyl sites for hydroxylation is 2. The molecule has 0 spiro atoms. The van der Waals surface area contributed by atoms with Crippen molar-refractivity contribution in [1.29, 1.82) is 0 Å². The van der Waals surface area contributed by atoms with E-state index in [4.69, 9.17) is 22.7 Å². The first-order valence-electron chi connectivity index (χ1n) is 6.02. The molecule has 1 aliphatic carbocycles. The molecule has 1 heterocycles. The van der Waals surface area contributed by atoms with E-state index in [0.717, 1.165) is 29.7 Å². The predicted molar refractivity (Wildman–Crippen MR) is 72.5 cm³/mol. The molecule has 0 aromatic carbocycles. The average molecular weight is 250 g/mol. The molecule has 1 aromatic rings. The first-order chi connectivity index (χ1) is 8.08. The fraction of sp³-hybridized carbons (Fsp3) is 0.538. The summed E-state index contributed by atoms with van der Waals surface area (Å²) in [6.45, 7) is 3.95. The van der Waals surface area contributed by atoms with Crippen LogP contribution in [0.15, 0.2) is 6.07 Å². The highest BCUT2D eigenvalue weighted by Crippen LogP contribution is 2.27. The van der Waals surface area contributed by atoms with Gasteiger partial charge in [-0.05, 0) is 51.2 Å². The number of hydrogen-bond acceptors (Lipinski definition) is 3. The van der Waals surface area contributed by atoms with Crippen molar-refractivity contribution in [3.63, 3.8) is 0 Å². The van der Waals surface area contributed by atoms with Gasteiger partial charge in [0.05, 0.1) is 5.56 Å². The highest BCUT2D eigenvalue weighted by molar-refractivity contribution is 7.80. The number of pyridine rings is 1. The minimum Gasteiger partial charge on any atom is -0.474 e. The molecule has 0 unspecified atom stereocenters. The van der Waals surface area contributed by atoms with Crippen LogP contribution < -0.4 is 10.5 Å². The normalized spacial score (nSPS) is 16.1. The van der Waals surface area contributed by atoms with Crippen molar-refractivity contribution in [2.75, 3.05) is 0 Å². The lowest BCUT2D eigenvalue weighted by Gasteiger charge is -2.17. The Labute approximate surface area is 107 Å². The lowest BCUT2D eigenvalue weighted by Crippen LogP contribution is -2.19. The van der Waals surface area contributed by atoms with Gasteiger partial charge in [-0.25, -0.2) is 4.98 Å². The zero-order valence-electron chi connectivity index (χ0n) is 10.3. The van der Waals surface area contributed by atoms with E-state index in [-0.39, 0.29) is 6.10 Å². The molecule has 4 heteroatoms. The van der Waals surface area contributed by atoms with Crippen LogP contribution >= 0.6 is 12.2 Å². The third-order valence-electron chi connectivity index (χ3n) is 3.14. The number of thiocarbonyl (C=S) groups is 1. The van der Waals surface area contributed by atoms with Gasteiger partial charge >= 0.3 is 0 Å². The van der Waals surface area contributed by atoms with Crippen LogP contribution in [0, 0.1) is 13.8 Å². The Morgan fingerprint density at radius 2 is 2.06 bits per heavy atom. The Hall–Kier alpha value is -1.16. The Morgan fingerprint density at radius 3 is 2.65 bits per heavy atom. The monoisotopic (exact) mass is 250 g/mol. The van der Waals surface area contributed by atoms with E-state index in [1.54, 1.807) is 0 Å². The Morgan fingerprint density at radius 1 is 1.41 bits per heavy atom. The van der Waals surface area contributed by atoms with Crippen molar-refractivity contribution < 1.29 is 4.74 Å². The topological polar surface area (TPSA) is 48.1 Å². The van der Waals surface area contributed by atoms with Gasteiger partial charge in [0.15, 0.2) is 0 Å². The van der Waals surface area contributed by atoms with E-state index in [1.807, 2.05) is 19.9 Å². The summed E-state index contributed by atoms with van der Waals surface area (Å²) in [6.07, 6.45) is 4.95. The van der Waals surface area contributed by atoms with Crippen LogP contribution in [0.25, 0.3) is 0 Å². The maximum Gasteiger partial charge on any atom is 0.224 e. The smallest absolute Gasteiger partial charge is 0.224 e. The highest BCUT2D eigenvalue weighted by atomic mass is 32.1. The minimum absolute atomic E-state index is 0.275. The van der Waals surface area contributed by atoms with Crippen molar-refractivity contribution in [2.45, 2.75) is 45.6 Å². The molecule has 0 radical (unpaired) electrons. The zero-order valence-corrected chi connectivity index (χ0v) is 11.1. The molecule has 0 amide bonds. The second-order valence-electron chi connectivity index (χ2n) is 4.65. The zero-order chi connectivity index (χ0) is 12.4. The summed E-state index contributed by atoms with van der Waals surface area (Å²) < 4.78 is 5.95. The number of rotatable bonds is 3. The molecule has 0 bridgehead atoms. The van der Waals surface area contributed by atoms with Crippen molar-refractivity contribution in [1.82, 2.24) is 4.98 Å². The number of hydrogen-bond donors (Lipinski definition) is 1. The molecule has 2 rings (SSSR count). The molecule has 2 N–H and O–H groups in total. The summed E-state index contributed by atoms with van der Waals surface area (Å²) in [5.41, 5.74) is 8.52. The number of aromatic nitrogens is 1. The van der Waals surface area contributed by atoms with E-state index in [2.05, 4.69) is 4.98 Å². The Kier molecular flexibility index (Phi) is 3.62. The summed E-state index contributed by atoms with van der Waals surface area (Å²) in [4.78, 5) is 4.79. The largest absolute Gasteiger partial charge is 0.474 e. The molecule has 0 saturated heterocycles. The van der Waals surface area contributed by atoms with Crippen molar-refractivity contribution in [2.24, 2.45) is 5.73 Å². The first kappa shape index (κ1) is 12.3. The SMILES string of the molecule is Cc1cc(C)c(C(N)=S)c(OC2CCCC2)n1.